The smallest absolute Gasteiger partial charge is 0.330 e. The van der Waals surface area contributed by atoms with E-state index in [1.165, 1.54) is 33.4 Å². The van der Waals surface area contributed by atoms with Crippen molar-refractivity contribution in [3.63, 3.8) is 0 Å². The summed E-state index contributed by atoms with van der Waals surface area (Å²) in [6, 6.07) is 47.9. The zero-order chi connectivity index (χ0) is 39.9. The Hall–Kier alpha value is -5.96. The van der Waals surface area contributed by atoms with E-state index in [-0.39, 0.29) is 38.3 Å². The van der Waals surface area contributed by atoms with E-state index >= 15 is 0 Å². The van der Waals surface area contributed by atoms with E-state index in [9.17, 15) is 9.59 Å². The van der Waals surface area contributed by atoms with Gasteiger partial charge in [-0.1, -0.05) is 126 Å². The fraction of sp³-hybridized carbons (Fsp3) is 0.200. The van der Waals surface area contributed by atoms with E-state index < -0.39 is 22.9 Å². The lowest BCUT2D eigenvalue weighted by Gasteiger charge is -2.52. The lowest BCUT2D eigenvalue weighted by atomic mass is 9.56. The molecule has 58 heavy (non-hydrogen) atoms. The van der Waals surface area contributed by atoms with Crippen molar-refractivity contribution in [2.24, 2.45) is 5.92 Å². The molecule has 0 saturated heterocycles. The molecule has 2 bridgehead atoms. The molecule has 0 aliphatic heterocycles. The van der Waals surface area contributed by atoms with Crippen LogP contribution in [-0.2, 0) is 34.8 Å². The molecule has 0 heterocycles. The number of fused-ring (bicyclic) bond motifs is 4. The Morgan fingerprint density at radius 2 is 1.19 bits per heavy atom. The van der Waals surface area contributed by atoms with Crippen molar-refractivity contribution < 1.29 is 33.3 Å². The first kappa shape index (κ1) is 37.6. The highest BCUT2D eigenvalue weighted by Crippen LogP contribution is 2.60. The van der Waals surface area contributed by atoms with Crippen LogP contribution >= 0.6 is 15.9 Å². The third-order valence-electron chi connectivity index (χ3n) is 12.0. The van der Waals surface area contributed by atoms with Gasteiger partial charge in [0, 0.05) is 23.6 Å². The molecule has 0 N–H and O–H groups in total. The number of methoxy groups -OCH3 is 1. The van der Waals surface area contributed by atoms with Gasteiger partial charge in [0.25, 0.3) is 0 Å². The van der Waals surface area contributed by atoms with Crippen LogP contribution in [0.2, 0.25) is 0 Å². The quantitative estimate of drug-likeness (QED) is 0.0651. The van der Waals surface area contributed by atoms with E-state index in [0.717, 1.165) is 32.8 Å². The van der Waals surface area contributed by atoms with Crippen molar-refractivity contribution in [1.82, 2.24) is 0 Å². The van der Waals surface area contributed by atoms with Gasteiger partial charge >= 0.3 is 11.9 Å². The Morgan fingerprint density at radius 3 is 1.78 bits per heavy atom. The van der Waals surface area contributed by atoms with E-state index in [0.29, 0.717) is 17.9 Å². The van der Waals surface area contributed by atoms with E-state index in [2.05, 4.69) is 120 Å². The average molecular weight is 834 g/mol. The Balaban J connectivity index is 0.932. The highest BCUT2D eigenvalue weighted by Gasteiger charge is 2.58. The van der Waals surface area contributed by atoms with Crippen LogP contribution in [0.15, 0.2) is 157 Å². The van der Waals surface area contributed by atoms with Crippen molar-refractivity contribution in [2.75, 3.05) is 33.5 Å². The third-order valence-corrected chi connectivity index (χ3v) is 12.5. The lowest BCUT2D eigenvalue weighted by molar-refractivity contribution is -0.163. The Bertz CT molecular complexity index is 2480. The van der Waals surface area contributed by atoms with E-state index in [1.54, 1.807) is 7.11 Å². The number of hydrogen-bond acceptors (Lipinski definition) is 7. The summed E-state index contributed by atoms with van der Waals surface area (Å²) in [5.74, 6) is 0.154. The number of rotatable bonds is 13. The molecular formula is C50H41BrO7. The normalized spacial score (nSPS) is 18.9. The topological polar surface area (TPSA) is 80.3 Å². The van der Waals surface area contributed by atoms with Gasteiger partial charge < -0.3 is 23.7 Å². The highest BCUT2D eigenvalue weighted by molar-refractivity contribution is 9.10. The molecule has 290 valence electrons. The first-order valence-electron chi connectivity index (χ1n) is 19.5. The molecular weight excluding hydrogens is 792 g/mol. The number of benzene rings is 6. The number of halogens is 1. The van der Waals surface area contributed by atoms with Gasteiger partial charge in [0.15, 0.2) is 0 Å². The highest BCUT2D eigenvalue weighted by atomic mass is 79.9. The molecule has 0 fully saturated rings. The Kier molecular flexibility index (Phi) is 10.00. The minimum atomic E-state index is -0.933. The maximum absolute atomic E-state index is 13.9. The standard InChI is InChI=1S/C50H41BrO7/c1-3-47(52)57-28-26-55-35-21-16-32(17-22-35)49(42-13-7-4-10-37(42)38-11-5-8-14-43(38)49)33-18-23-36(24-19-33)56-27-29-58-48(53)46-31-40-39-12-6-9-15-44(39)50(46,54-2)45-25-20-34(51)30-41(40)45/h3-25,30,40,46H,1,26-29,31H2,2H3. The number of hydrogen-bond donors (Lipinski definition) is 0. The molecule has 0 radical (unpaired) electrons. The maximum Gasteiger partial charge on any atom is 0.330 e. The second kappa shape index (κ2) is 15.4. The van der Waals surface area contributed by atoms with Crippen molar-refractivity contribution in [2.45, 2.75) is 23.4 Å². The number of esters is 2. The second-order valence-electron chi connectivity index (χ2n) is 14.7. The summed E-state index contributed by atoms with van der Waals surface area (Å²) in [5, 5.41) is 0. The number of carbonyl (C=O) groups is 2. The van der Waals surface area contributed by atoms with E-state index in [1.807, 2.05) is 42.5 Å². The minimum Gasteiger partial charge on any atom is -0.490 e. The molecule has 0 aromatic heterocycles. The van der Waals surface area contributed by atoms with Crippen molar-refractivity contribution >= 4 is 27.9 Å². The predicted octanol–water partition coefficient (Wildman–Crippen LogP) is 9.90. The Labute approximate surface area is 346 Å². The van der Waals surface area contributed by atoms with Crippen LogP contribution in [-0.4, -0.2) is 45.5 Å². The van der Waals surface area contributed by atoms with Crippen LogP contribution in [0, 0.1) is 5.92 Å². The van der Waals surface area contributed by atoms with Gasteiger partial charge in [-0.15, -0.1) is 0 Å². The van der Waals surface area contributed by atoms with Crippen LogP contribution in [0.25, 0.3) is 11.1 Å². The SMILES string of the molecule is C=CC(=O)OCCOc1ccc(C2(c3ccc(OCCOC(=O)C4CC5c6ccccc6C4(OC)c4ccc(Br)cc45)cc3)c3ccccc3-c3ccccc32)cc1. The fourth-order valence-electron chi connectivity index (χ4n) is 9.66. The van der Waals surface area contributed by atoms with E-state index in [4.69, 9.17) is 23.7 Å². The molecule has 6 aromatic rings. The minimum absolute atomic E-state index is 0.0713. The summed E-state index contributed by atoms with van der Waals surface area (Å²) in [6.07, 6.45) is 1.74. The number of ether oxygens (including phenoxy) is 5. The maximum atomic E-state index is 13.9. The van der Waals surface area contributed by atoms with Gasteiger partial charge in [0.1, 0.15) is 43.5 Å². The van der Waals surface area contributed by atoms with Gasteiger partial charge in [0.2, 0.25) is 0 Å². The lowest BCUT2D eigenvalue weighted by Crippen LogP contribution is -2.52. The average Bonchev–Trinajstić information content (AvgIpc) is 3.57. The van der Waals surface area contributed by atoms with Gasteiger partial charge in [-0.3, -0.25) is 4.79 Å². The first-order chi connectivity index (χ1) is 28.4. The van der Waals surface area contributed by atoms with Gasteiger partial charge in [0.05, 0.1) is 11.3 Å². The third kappa shape index (κ3) is 6.05. The molecule has 4 aliphatic carbocycles. The Morgan fingerprint density at radius 1 is 0.655 bits per heavy atom. The molecule has 10 rings (SSSR count). The fourth-order valence-corrected chi connectivity index (χ4v) is 10.0. The predicted molar refractivity (Wildman–Crippen MR) is 225 cm³/mol. The monoisotopic (exact) mass is 832 g/mol. The molecule has 0 spiro atoms. The zero-order valence-corrected chi connectivity index (χ0v) is 33.6. The molecule has 4 aliphatic rings. The van der Waals surface area contributed by atoms with Crippen molar-refractivity contribution in [1.29, 1.82) is 0 Å². The summed E-state index contributed by atoms with van der Waals surface area (Å²) in [6.45, 7) is 4.09. The van der Waals surface area contributed by atoms with Gasteiger partial charge in [-0.2, -0.15) is 0 Å². The number of carbonyl (C=O) groups excluding carboxylic acids is 2. The molecule has 3 atom stereocenters. The summed E-state index contributed by atoms with van der Waals surface area (Å²) in [4.78, 5) is 25.4. The largest absolute Gasteiger partial charge is 0.490 e. The molecule has 6 aromatic carbocycles. The summed E-state index contributed by atoms with van der Waals surface area (Å²) in [5.41, 5.74) is 9.79. The van der Waals surface area contributed by atoms with Crippen LogP contribution in [0.4, 0.5) is 0 Å². The van der Waals surface area contributed by atoms with Crippen molar-refractivity contribution in [3.05, 3.63) is 201 Å². The molecule has 7 nitrogen and oxygen atoms in total. The van der Waals surface area contributed by atoms with Crippen LogP contribution < -0.4 is 9.47 Å². The zero-order valence-electron chi connectivity index (χ0n) is 32.0. The first-order valence-corrected chi connectivity index (χ1v) is 20.3. The van der Waals surface area contributed by atoms with Gasteiger partial charge in [-0.05, 0) is 98.5 Å². The van der Waals surface area contributed by atoms with Crippen LogP contribution in [0.5, 0.6) is 11.5 Å². The molecule has 8 heteroatoms. The van der Waals surface area contributed by atoms with Crippen molar-refractivity contribution in [3.8, 4) is 22.6 Å². The van der Waals surface area contributed by atoms with Crippen LogP contribution in [0.1, 0.15) is 56.8 Å². The van der Waals surface area contributed by atoms with Gasteiger partial charge in [-0.25, -0.2) is 4.79 Å². The molecule has 3 unspecified atom stereocenters. The molecule has 0 amide bonds. The summed E-state index contributed by atoms with van der Waals surface area (Å²) >= 11 is 3.65. The second-order valence-corrected chi connectivity index (χ2v) is 15.6. The summed E-state index contributed by atoms with van der Waals surface area (Å²) < 4.78 is 30.5. The molecule has 0 saturated carbocycles. The summed E-state index contributed by atoms with van der Waals surface area (Å²) in [7, 11) is 1.69. The van der Waals surface area contributed by atoms with Crippen LogP contribution in [0.3, 0.4) is 0 Å².